The van der Waals surface area contributed by atoms with Crippen LogP contribution in [0.4, 0.5) is 0 Å². The van der Waals surface area contributed by atoms with Crippen molar-refractivity contribution in [3.63, 3.8) is 0 Å². The summed E-state index contributed by atoms with van der Waals surface area (Å²) >= 11 is 0. The van der Waals surface area contributed by atoms with E-state index in [4.69, 9.17) is 0 Å². The second-order valence-electron chi connectivity index (χ2n) is 3.62. The average molecular weight is 220 g/mol. The van der Waals surface area contributed by atoms with Crippen molar-refractivity contribution in [2.24, 2.45) is 0 Å². The molecule has 1 aromatic heterocycles. The summed E-state index contributed by atoms with van der Waals surface area (Å²) in [5, 5.41) is 2.70. The van der Waals surface area contributed by atoms with Crippen LogP contribution in [0.1, 0.15) is 24.5 Å². The Morgan fingerprint density at radius 1 is 1.56 bits per heavy atom. The Balaban J connectivity index is 2.47. The molecule has 0 bridgehead atoms. The van der Waals surface area contributed by atoms with Gasteiger partial charge in [-0.05, 0) is 25.0 Å². The van der Waals surface area contributed by atoms with E-state index in [1.807, 2.05) is 18.2 Å². The summed E-state index contributed by atoms with van der Waals surface area (Å²) < 4.78 is 0. The zero-order valence-electron chi connectivity index (χ0n) is 9.54. The largest absolute Gasteiger partial charge is 0.356 e. The Hall–Kier alpha value is -1.84. The lowest BCUT2D eigenvalue weighted by Crippen LogP contribution is -2.20. The number of hydrogen-bond donors (Lipinski definition) is 2. The Morgan fingerprint density at radius 2 is 2.31 bits per heavy atom. The summed E-state index contributed by atoms with van der Waals surface area (Å²) in [4.78, 5) is 24.3. The molecule has 0 atom stereocenters. The highest BCUT2D eigenvalue weighted by Gasteiger charge is 1.93. The van der Waals surface area contributed by atoms with Gasteiger partial charge in [0.15, 0.2) is 0 Å². The van der Waals surface area contributed by atoms with E-state index in [0.29, 0.717) is 12.1 Å². The number of aromatic amines is 1. The molecule has 0 radical (unpaired) electrons. The minimum atomic E-state index is -0.0598. The van der Waals surface area contributed by atoms with Crippen LogP contribution in [0.3, 0.4) is 0 Å². The SMILES string of the molecule is CC(=O)NCCC=Cc1c[nH]c(=O)c(C)c1. The van der Waals surface area contributed by atoms with Crippen LogP contribution in [-0.4, -0.2) is 17.4 Å². The summed E-state index contributed by atoms with van der Waals surface area (Å²) in [6.45, 7) is 3.90. The van der Waals surface area contributed by atoms with Gasteiger partial charge in [-0.15, -0.1) is 0 Å². The molecule has 0 spiro atoms. The molecule has 0 saturated carbocycles. The quantitative estimate of drug-likeness (QED) is 0.749. The van der Waals surface area contributed by atoms with E-state index in [0.717, 1.165) is 12.0 Å². The van der Waals surface area contributed by atoms with Crippen LogP contribution >= 0.6 is 0 Å². The smallest absolute Gasteiger partial charge is 0.250 e. The van der Waals surface area contributed by atoms with Crippen molar-refractivity contribution in [3.05, 3.63) is 39.8 Å². The van der Waals surface area contributed by atoms with Crippen LogP contribution in [0, 0.1) is 6.92 Å². The molecule has 0 aliphatic heterocycles. The highest BCUT2D eigenvalue weighted by atomic mass is 16.1. The highest BCUT2D eigenvalue weighted by molar-refractivity contribution is 5.72. The molecular weight excluding hydrogens is 204 g/mol. The molecular formula is C12H16N2O2. The van der Waals surface area contributed by atoms with Crippen molar-refractivity contribution in [2.45, 2.75) is 20.3 Å². The molecule has 1 rings (SSSR count). The first-order valence-electron chi connectivity index (χ1n) is 5.20. The van der Waals surface area contributed by atoms with Crippen LogP contribution in [0.15, 0.2) is 23.1 Å². The number of amides is 1. The molecule has 0 aliphatic rings. The fourth-order valence-electron chi connectivity index (χ4n) is 1.27. The second-order valence-corrected chi connectivity index (χ2v) is 3.62. The molecule has 0 aromatic carbocycles. The number of hydrogen-bond acceptors (Lipinski definition) is 2. The van der Waals surface area contributed by atoms with E-state index >= 15 is 0 Å². The van der Waals surface area contributed by atoms with Gasteiger partial charge in [0.2, 0.25) is 5.91 Å². The molecule has 0 aliphatic carbocycles. The molecule has 1 heterocycles. The third-order valence-electron chi connectivity index (χ3n) is 2.11. The zero-order valence-corrected chi connectivity index (χ0v) is 9.54. The first kappa shape index (κ1) is 12.2. The minimum Gasteiger partial charge on any atom is -0.356 e. The normalized spacial score (nSPS) is 10.6. The van der Waals surface area contributed by atoms with E-state index in [-0.39, 0.29) is 11.5 Å². The van der Waals surface area contributed by atoms with Crippen molar-refractivity contribution >= 4 is 12.0 Å². The second kappa shape index (κ2) is 5.90. The van der Waals surface area contributed by atoms with Gasteiger partial charge < -0.3 is 10.3 Å². The number of pyridine rings is 1. The van der Waals surface area contributed by atoms with Gasteiger partial charge in [-0.2, -0.15) is 0 Å². The molecule has 1 amide bonds. The van der Waals surface area contributed by atoms with Crippen LogP contribution in [0.2, 0.25) is 0 Å². The van der Waals surface area contributed by atoms with Gasteiger partial charge in [0, 0.05) is 25.2 Å². The van der Waals surface area contributed by atoms with Gasteiger partial charge >= 0.3 is 0 Å². The van der Waals surface area contributed by atoms with Gasteiger partial charge in [0.1, 0.15) is 0 Å². The van der Waals surface area contributed by atoms with Gasteiger partial charge in [-0.25, -0.2) is 0 Å². The van der Waals surface area contributed by atoms with E-state index in [1.54, 1.807) is 13.1 Å². The number of aromatic nitrogens is 1. The number of aryl methyl sites for hydroxylation is 1. The highest BCUT2D eigenvalue weighted by Crippen LogP contribution is 2.00. The molecule has 0 fully saturated rings. The fourth-order valence-corrected chi connectivity index (χ4v) is 1.27. The minimum absolute atomic E-state index is 0.0201. The molecule has 16 heavy (non-hydrogen) atoms. The van der Waals surface area contributed by atoms with E-state index in [2.05, 4.69) is 10.3 Å². The zero-order chi connectivity index (χ0) is 12.0. The van der Waals surface area contributed by atoms with Gasteiger partial charge in [-0.3, -0.25) is 9.59 Å². The number of carbonyl (C=O) groups excluding carboxylic acids is 1. The summed E-state index contributed by atoms with van der Waals surface area (Å²) in [6.07, 6.45) is 6.33. The first-order valence-corrected chi connectivity index (χ1v) is 5.20. The van der Waals surface area contributed by atoms with Crippen LogP contribution < -0.4 is 10.9 Å². The number of nitrogens with one attached hydrogen (secondary N) is 2. The monoisotopic (exact) mass is 220 g/mol. The predicted octanol–water partition coefficient (Wildman–Crippen LogP) is 1.22. The Kier molecular flexibility index (Phi) is 4.51. The Labute approximate surface area is 94.4 Å². The maximum atomic E-state index is 11.1. The van der Waals surface area contributed by atoms with Gasteiger partial charge in [-0.1, -0.05) is 12.2 Å². The van der Waals surface area contributed by atoms with Crippen molar-refractivity contribution < 1.29 is 4.79 Å². The molecule has 86 valence electrons. The lowest BCUT2D eigenvalue weighted by molar-refractivity contribution is -0.118. The number of H-pyrrole nitrogens is 1. The lowest BCUT2D eigenvalue weighted by Gasteiger charge is -1.97. The maximum Gasteiger partial charge on any atom is 0.250 e. The van der Waals surface area contributed by atoms with Gasteiger partial charge in [0.25, 0.3) is 5.56 Å². The van der Waals surface area contributed by atoms with Crippen molar-refractivity contribution in [1.82, 2.24) is 10.3 Å². The van der Waals surface area contributed by atoms with Crippen molar-refractivity contribution in [1.29, 1.82) is 0 Å². The summed E-state index contributed by atoms with van der Waals surface area (Å²) in [7, 11) is 0. The van der Waals surface area contributed by atoms with Gasteiger partial charge in [0.05, 0.1) is 0 Å². The lowest BCUT2D eigenvalue weighted by atomic mass is 10.2. The molecule has 0 saturated heterocycles. The Morgan fingerprint density at radius 3 is 2.94 bits per heavy atom. The Bertz CT molecular complexity index is 447. The summed E-state index contributed by atoms with van der Waals surface area (Å²) in [6, 6.07) is 1.83. The summed E-state index contributed by atoms with van der Waals surface area (Å²) in [5.74, 6) is -0.0201. The van der Waals surface area contributed by atoms with Crippen molar-refractivity contribution in [2.75, 3.05) is 6.54 Å². The van der Waals surface area contributed by atoms with E-state index < -0.39 is 0 Å². The van der Waals surface area contributed by atoms with Crippen LogP contribution in [-0.2, 0) is 4.79 Å². The van der Waals surface area contributed by atoms with Crippen LogP contribution in [0.5, 0.6) is 0 Å². The van der Waals surface area contributed by atoms with E-state index in [9.17, 15) is 9.59 Å². The van der Waals surface area contributed by atoms with E-state index in [1.165, 1.54) is 6.92 Å². The third-order valence-corrected chi connectivity index (χ3v) is 2.11. The van der Waals surface area contributed by atoms with Crippen molar-refractivity contribution in [3.8, 4) is 0 Å². The number of carbonyl (C=O) groups is 1. The van der Waals surface area contributed by atoms with Crippen LogP contribution in [0.25, 0.3) is 6.08 Å². The molecule has 1 aromatic rings. The predicted molar refractivity (Wildman–Crippen MR) is 64.1 cm³/mol. The molecule has 2 N–H and O–H groups in total. The molecule has 0 unspecified atom stereocenters. The fraction of sp³-hybridized carbons (Fsp3) is 0.333. The first-order chi connectivity index (χ1) is 7.59. The molecule has 4 nitrogen and oxygen atoms in total. The number of rotatable bonds is 4. The molecule has 4 heteroatoms. The topological polar surface area (TPSA) is 62.0 Å². The standard InChI is InChI=1S/C12H16N2O2/c1-9-7-11(8-14-12(9)16)5-3-4-6-13-10(2)15/h3,5,7-8H,4,6H2,1-2H3,(H,13,15)(H,14,16). The summed E-state index contributed by atoms with van der Waals surface area (Å²) in [5.41, 5.74) is 1.60. The average Bonchev–Trinajstić information content (AvgIpc) is 2.22. The maximum absolute atomic E-state index is 11.1. The third kappa shape index (κ3) is 4.13.